The van der Waals surface area contributed by atoms with Crippen LogP contribution in [0.3, 0.4) is 0 Å². The predicted octanol–water partition coefficient (Wildman–Crippen LogP) is -0.497. The summed E-state index contributed by atoms with van der Waals surface area (Å²) in [5, 5.41) is 8.27. The number of hydrogen-bond acceptors (Lipinski definition) is 5. The van der Waals surface area contributed by atoms with Crippen molar-refractivity contribution in [2.45, 2.75) is 0 Å². The molecule has 0 aromatic rings. The van der Waals surface area contributed by atoms with Gasteiger partial charge in [0.05, 0.1) is 13.2 Å². The minimum absolute atomic E-state index is 0.267. The Bertz CT molecular complexity index is 270. The summed E-state index contributed by atoms with van der Waals surface area (Å²) in [5.74, 6) is -1.79. The zero-order valence-electron chi connectivity index (χ0n) is 8.92. The van der Waals surface area contributed by atoms with E-state index >= 15 is 0 Å². The van der Waals surface area contributed by atoms with Crippen molar-refractivity contribution in [3.05, 3.63) is 12.2 Å². The first kappa shape index (κ1) is 12.7. The molecular weight excluding hydrogens is 214 g/mol. The van der Waals surface area contributed by atoms with Crippen LogP contribution < -0.4 is 0 Å². The molecule has 1 fully saturated rings. The van der Waals surface area contributed by atoms with Crippen LogP contribution in [-0.2, 0) is 19.1 Å². The second kappa shape index (κ2) is 6.97. The molecule has 1 saturated heterocycles. The molecule has 1 aliphatic rings. The van der Waals surface area contributed by atoms with E-state index in [4.69, 9.17) is 14.6 Å². The summed E-state index contributed by atoms with van der Waals surface area (Å²) in [6.07, 6.45) is 1.67. The number of aliphatic carboxylic acids is 1. The molecular formula is C10H15NO5. The van der Waals surface area contributed by atoms with Crippen molar-refractivity contribution in [2.24, 2.45) is 0 Å². The molecule has 0 amide bonds. The lowest BCUT2D eigenvalue weighted by Crippen LogP contribution is -2.38. The topological polar surface area (TPSA) is 76.1 Å². The van der Waals surface area contributed by atoms with Gasteiger partial charge in [-0.05, 0) is 0 Å². The summed E-state index contributed by atoms with van der Waals surface area (Å²) in [6, 6.07) is 0. The minimum Gasteiger partial charge on any atom is -0.478 e. The van der Waals surface area contributed by atoms with E-state index in [1.54, 1.807) is 0 Å². The van der Waals surface area contributed by atoms with E-state index in [9.17, 15) is 9.59 Å². The Hall–Kier alpha value is -1.40. The smallest absolute Gasteiger partial charge is 0.331 e. The standard InChI is InChI=1S/C10H15NO5/c12-9(13)1-2-10(14)16-8-5-11-3-6-15-7-4-11/h1-2H,3-8H2,(H,12,13)/b2-1-. The number of esters is 1. The van der Waals surface area contributed by atoms with Gasteiger partial charge in [0.15, 0.2) is 0 Å². The largest absolute Gasteiger partial charge is 0.478 e. The molecule has 0 atom stereocenters. The third-order valence-electron chi connectivity index (χ3n) is 2.12. The third kappa shape index (κ3) is 5.47. The van der Waals surface area contributed by atoms with Crippen molar-refractivity contribution in [1.29, 1.82) is 0 Å². The lowest BCUT2D eigenvalue weighted by atomic mass is 10.4. The van der Waals surface area contributed by atoms with Gasteiger partial charge in [-0.25, -0.2) is 9.59 Å². The lowest BCUT2D eigenvalue weighted by Gasteiger charge is -2.25. The molecule has 1 aliphatic heterocycles. The molecule has 90 valence electrons. The number of rotatable bonds is 5. The molecule has 0 radical (unpaired) electrons. The second-order valence-electron chi connectivity index (χ2n) is 3.29. The van der Waals surface area contributed by atoms with Gasteiger partial charge in [0, 0.05) is 31.8 Å². The Morgan fingerprint density at radius 1 is 1.31 bits per heavy atom. The maximum absolute atomic E-state index is 11.0. The number of nitrogens with zero attached hydrogens (tertiary/aromatic N) is 1. The van der Waals surface area contributed by atoms with Crippen LogP contribution in [0, 0.1) is 0 Å². The van der Waals surface area contributed by atoms with E-state index in [1.807, 2.05) is 0 Å². The molecule has 0 spiro atoms. The van der Waals surface area contributed by atoms with E-state index in [1.165, 1.54) is 0 Å². The monoisotopic (exact) mass is 229 g/mol. The van der Waals surface area contributed by atoms with Crippen molar-refractivity contribution in [3.8, 4) is 0 Å². The quantitative estimate of drug-likeness (QED) is 0.506. The van der Waals surface area contributed by atoms with E-state index in [-0.39, 0.29) is 6.61 Å². The van der Waals surface area contributed by atoms with Crippen LogP contribution in [0.25, 0.3) is 0 Å². The van der Waals surface area contributed by atoms with Crippen LogP contribution in [0.1, 0.15) is 0 Å². The molecule has 6 nitrogen and oxygen atoms in total. The van der Waals surface area contributed by atoms with Gasteiger partial charge in [-0.2, -0.15) is 0 Å². The van der Waals surface area contributed by atoms with Crippen LogP contribution in [0.2, 0.25) is 0 Å². The van der Waals surface area contributed by atoms with Crippen LogP contribution in [0.15, 0.2) is 12.2 Å². The molecule has 6 heteroatoms. The molecule has 0 unspecified atom stereocenters. The molecule has 0 saturated carbocycles. The van der Waals surface area contributed by atoms with Crippen LogP contribution in [0.5, 0.6) is 0 Å². The van der Waals surface area contributed by atoms with Crippen LogP contribution >= 0.6 is 0 Å². The van der Waals surface area contributed by atoms with Crippen LogP contribution in [0.4, 0.5) is 0 Å². The summed E-state index contributed by atoms with van der Waals surface area (Å²) >= 11 is 0. The minimum atomic E-state index is -1.16. The Morgan fingerprint density at radius 3 is 2.62 bits per heavy atom. The summed E-state index contributed by atoms with van der Waals surface area (Å²) < 4.78 is 9.99. The molecule has 1 rings (SSSR count). The van der Waals surface area contributed by atoms with E-state index < -0.39 is 11.9 Å². The zero-order valence-corrected chi connectivity index (χ0v) is 8.92. The number of hydrogen-bond donors (Lipinski definition) is 1. The van der Waals surface area contributed by atoms with E-state index in [0.29, 0.717) is 19.8 Å². The van der Waals surface area contributed by atoms with Gasteiger partial charge in [0.25, 0.3) is 0 Å². The van der Waals surface area contributed by atoms with Crippen LogP contribution in [-0.4, -0.2) is 61.4 Å². The second-order valence-corrected chi connectivity index (χ2v) is 3.29. The van der Waals surface area contributed by atoms with Crippen molar-refractivity contribution in [1.82, 2.24) is 4.90 Å². The number of carbonyl (C=O) groups excluding carboxylic acids is 1. The first-order valence-electron chi connectivity index (χ1n) is 5.06. The number of carboxylic acids is 1. The average Bonchev–Trinajstić information content (AvgIpc) is 2.28. The van der Waals surface area contributed by atoms with Crippen molar-refractivity contribution in [2.75, 3.05) is 39.5 Å². The van der Waals surface area contributed by atoms with Gasteiger partial charge in [-0.1, -0.05) is 0 Å². The van der Waals surface area contributed by atoms with E-state index in [0.717, 1.165) is 25.2 Å². The summed E-state index contributed by atoms with van der Waals surface area (Å²) in [7, 11) is 0. The van der Waals surface area contributed by atoms with Gasteiger partial charge in [-0.15, -0.1) is 0 Å². The molecule has 0 aromatic heterocycles. The highest BCUT2D eigenvalue weighted by atomic mass is 16.5. The maximum Gasteiger partial charge on any atom is 0.331 e. The van der Waals surface area contributed by atoms with Gasteiger partial charge >= 0.3 is 11.9 Å². The molecule has 0 aromatic carbocycles. The lowest BCUT2D eigenvalue weighted by molar-refractivity contribution is -0.139. The average molecular weight is 229 g/mol. The van der Waals surface area contributed by atoms with Gasteiger partial charge in [0.2, 0.25) is 0 Å². The molecule has 0 aliphatic carbocycles. The first-order chi connectivity index (χ1) is 7.68. The fourth-order valence-corrected chi connectivity index (χ4v) is 1.29. The van der Waals surface area contributed by atoms with Gasteiger partial charge in [0.1, 0.15) is 6.61 Å². The molecule has 16 heavy (non-hydrogen) atoms. The van der Waals surface area contributed by atoms with Gasteiger partial charge < -0.3 is 14.6 Å². The molecule has 1 heterocycles. The highest BCUT2D eigenvalue weighted by Gasteiger charge is 2.10. The molecule has 1 N–H and O–H groups in total. The summed E-state index contributed by atoms with van der Waals surface area (Å²) in [6.45, 7) is 3.99. The summed E-state index contributed by atoms with van der Waals surface area (Å²) in [4.78, 5) is 23.2. The van der Waals surface area contributed by atoms with Crippen molar-refractivity contribution >= 4 is 11.9 Å². The fraction of sp³-hybridized carbons (Fsp3) is 0.600. The number of carbonyl (C=O) groups is 2. The zero-order chi connectivity index (χ0) is 11.8. The highest BCUT2D eigenvalue weighted by Crippen LogP contribution is 1.96. The SMILES string of the molecule is O=C(O)/C=C\C(=O)OCCN1CCOCC1. The number of morpholine rings is 1. The van der Waals surface area contributed by atoms with Gasteiger partial charge in [-0.3, -0.25) is 4.90 Å². The Morgan fingerprint density at radius 2 is 2.00 bits per heavy atom. The number of carboxylic acid groups (broad SMARTS) is 1. The Balaban J connectivity index is 2.09. The van der Waals surface area contributed by atoms with Crippen molar-refractivity contribution in [3.63, 3.8) is 0 Å². The maximum atomic E-state index is 11.0. The van der Waals surface area contributed by atoms with Crippen molar-refractivity contribution < 1.29 is 24.2 Å². The third-order valence-corrected chi connectivity index (χ3v) is 2.12. The Labute approximate surface area is 93.4 Å². The van der Waals surface area contributed by atoms with E-state index in [2.05, 4.69) is 4.90 Å². The first-order valence-corrected chi connectivity index (χ1v) is 5.06. The molecule has 0 bridgehead atoms. The highest BCUT2D eigenvalue weighted by molar-refractivity contribution is 5.90. The fourth-order valence-electron chi connectivity index (χ4n) is 1.29. The normalized spacial score (nSPS) is 17.5. The number of ether oxygens (including phenoxy) is 2. The Kier molecular flexibility index (Phi) is 5.52. The summed E-state index contributed by atoms with van der Waals surface area (Å²) in [5.41, 5.74) is 0. The predicted molar refractivity (Wildman–Crippen MR) is 55.0 cm³/mol.